The van der Waals surface area contributed by atoms with E-state index in [-0.39, 0.29) is 27.7 Å². The van der Waals surface area contributed by atoms with Gasteiger partial charge in [0.05, 0.1) is 0 Å². The number of para-hydroxylation sites is 1. The van der Waals surface area contributed by atoms with Gasteiger partial charge in [-0.3, -0.25) is 0 Å². The van der Waals surface area contributed by atoms with E-state index in [2.05, 4.69) is 86.6 Å². The molecule has 0 aromatic heterocycles. The van der Waals surface area contributed by atoms with Crippen molar-refractivity contribution >= 4 is 10.8 Å². The van der Waals surface area contributed by atoms with Crippen LogP contribution in [0.2, 0.25) is 0 Å². The van der Waals surface area contributed by atoms with Crippen molar-refractivity contribution in [2.75, 3.05) is 0 Å². The van der Waals surface area contributed by atoms with Crippen molar-refractivity contribution in [1.82, 2.24) is 0 Å². The first kappa shape index (κ1) is 22.2. The molecule has 2 heteroatoms. The smallest absolute Gasteiger partial charge is 0.165 e. The van der Waals surface area contributed by atoms with Crippen LogP contribution in [0, 0.1) is 0 Å². The van der Waals surface area contributed by atoms with Crippen molar-refractivity contribution in [3.8, 4) is 22.6 Å². The lowest BCUT2D eigenvalue weighted by Crippen LogP contribution is -2.18. The first-order chi connectivity index (χ1) is 13.6. The molecular formula is C28H36O2. The summed E-state index contributed by atoms with van der Waals surface area (Å²) in [6.45, 7) is 20.1. The molecule has 30 heavy (non-hydrogen) atoms. The maximum absolute atomic E-state index is 10.6. The third kappa shape index (κ3) is 4.05. The lowest BCUT2D eigenvalue weighted by Gasteiger charge is -2.29. The Morgan fingerprint density at radius 2 is 1.20 bits per heavy atom. The molecule has 0 saturated heterocycles. The summed E-state index contributed by atoms with van der Waals surface area (Å²) in [7, 11) is 0. The van der Waals surface area contributed by atoms with Gasteiger partial charge in [-0.15, -0.1) is 0 Å². The fraction of sp³-hybridized carbons (Fsp3) is 0.429. The Morgan fingerprint density at radius 1 is 0.600 bits per heavy atom. The molecule has 0 aliphatic rings. The van der Waals surface area contributed by atoms with E-state index in [4.69, 9.17) is 0 Å². The number of fused-ring (bicyclic) bond motifs is 1. The maximum Gasteiger partial charge on any atom is 0.165 e. The second-order valence-corrected chi connectivity index (χ2v) is 11.6. The molecule has 3 rings (SSSR count). The summed E-state index contributed by atoms with van der Waals surface area (Å²) in [5.41, 5.74) is 5.32. The average Bonchev–Trinajstić information content (AvgIpc) is 2.59. The Kier molecular flexibility index (Phi) is 5.21. The Bertz CT molecular complexity index is 1100. The van der Waals surface area contributed by atoms with Gasteiger partial charge in [0.2, 0.25) is 0 Å². The molecule has 0 bridgehead atoms. The summed E-state index contributed by atoms with van der Waals surface area (Å²) in [6, 6.07) is 14.3. The highest BCUT2D eigenvalue weighted by molar-refractivity contribution is 5.94. The maximum atomic E-state index is 10.6. The quantitative estimate of drug-likeness (QED) is 0.406. The number of hydrogen-bond donors (Lipinski definition) is 2. The van der Waals surface area contributed by atoms with Gasteiger partial charge in [-0.2, -0.15) is 0 Å². The van der Waals surface area contributed by atoms with Gasteiger partial charge in [0, 0.05) is 5.56 Å². The molecule has 3 aromatic carbocycles. The summed E-state index contributed by atoms with van der Waals surface area (Å²) >= 11 is 0. The number of phenols is 2. The van der Waals surface area contributed by atoms with Crippen molar-refractivity contribution in [3.05, 3.63) is 59.2 Å². The Hall–Kier alpha value is -2.48. The third-order valence-corrected chi connectivity index (χ3v) is 5.88. The lowest BCUT2D eigenvalue weighted by molar-refractivity contribution is 0.405. The van der Waals surface area contributed by atoms with Crippen molar-refractivity contribution < 1.29 is 10.2 Å². The normalized spacial score (nSPS) is 13.1. The van der Waals surface area contributed by atoms with Crippen LogP contribution >= 0.6 is 0 Å². The summed E-state index contributed by atoms with van der Waals surface area (Å²) in [5, 5.41) is 23.2. The largest absolute Gasteiger partial charge is 0.504 e. The van der Waals surface area contributed by atoms with Gasteiger partial charge in [-0.05, 0) is 67.5 Å². The molecule has 3 aromatic rings. The van der Waals surface area contributed by atoms with Gasteiger partial charge < -0.3 is 10.2 Å². The highest BCUT2D eigenvalue weighted by Gasteiger charge is 2.26. The van der Waals surface area contributed by atoms with E-state index >= 15 is 0 Å². The highest BCUT2D eigenvalue weighted by Crippen LogP contribution is 2.45. The van der Waals surface area contributed by atoms with E-state index < -0.39 is 0 Å². The van der Waals surface area contributed by atoms with Crippen LogP contribution in [0.15, 0.2) is 42.5 Å². The van der Waals surface area contributed by atoms with Gasteiger partial charge in [-0.1, -0.05) is 86.6 Å². The van der Waals surface area contributed by atoms with Crippen molar-refractivity contribution in [2.45, 2.75) is 78.6 Å². The van der Waals surface area contributed by atoms with Gasteiger partial charge >= 0.3 is 0 Å². The number of rotatable bonds is 1. The second kappa shape index (κ2) is 7.04. The predicted molar refractivity (Wildman–Crippen MR) is 129 cm³/mol. The first-order valence-electron chi connectivity index (χ1n) is 10.8. The van der Waals surface area contributed by atoms with E-state index in [9.17, 15) is 10.2 Å². The van der Waals surface area contributed by atoms with Crippen molar-refractivity contribution in [3.63, 3.8) is 0 Å². The number of benzene rings is 3. The van der Waals surface area contributed by atoms with E-state index in [0.29, 0.717) is 5.56 Å². The molecule has 0 aliphatic carbocycles. The van der Waals surface area contributed by atoms with E-state index in [1.165, 1.54) is 28.0 Å². The Morgan fingerprint density at radius 3 is 1.73 bits per heavy atom. The average molecular weight is 405 g/mol. The minimum atomic E-state index is -0.124. The molecule has 2 N–H and O–H groups in total. The molecule has 0 spiro atoms. The fourth-order valence-electron chi connectivity index (χ4n) is 4.06. The van der Waals surface area contributed by atoms with E-state index in [1.807, 2.05) is 6.07 Å². The van der Waals surface area contributed by atoms with Crippen LogP contribution in [-0.2, 0) is 16.2 Å². The predicted octanol–water partition coefficient (Wildman–Crippen LogP) is 7.81. The fourth-order valence-corrected chi connectivity index (χ4v) is 4.06. The molecule has 0 atom stereocenters. The molecular weight excluding hydrogens is 368 g/mol. The molecule has 0 unspecified atom stereocenters. The zero-order valence-electron chi connectivity index (χ0n) is 19.9. The van der Waals surface area contributed by atoms with Gasteiger partial charge in [-0.25, -0.2) is 0 Å². The van der Waals surface area contributed by atoms with Crippen LogP contribution in [0.4, 0.5) is 0 Å². The summed E-state index contributed by atoms with van der Waals surface area (Å²) in [6.07, 6.45) is 0. The molecule has 0 heterocycles. The van der Waals surface area contributed by atoms with Crippen molar-refractivity contribution in [2.24, 2.45) is 0 Å². The zero-order valence-corrected chi connectivity index (χ0v) is 19.9. The number of phenolic OH excluding ortho intramolecular Hbond substituents is 2. The minimum Gasteiger partial charge on any atom is -0.504 e. The van der Waals surface area contributed by atoms with Gasteiger partial charge in [0.25, 0.3) is 0 Å². The van der Waals surface area contributed by atoms with Crippen LogP contribution < -0.4 is 0 Å². The summed E-state index contributed by atoms with van der Waals surface area (Å²) in [5.74, 6) is -0.155. The SMILES string of the molecule is CC(C)(C)c1cc(C(C)(C)C)c2cc(-c3cccc(O)c3O)c(C(C)(C)C)cc2c1. The number of aromatic hydroxyl groups is 2. The van der Waals surface area contributed by atoms with Crippen LogP contribution in [-0.4, -0.2) is 10.2 Å². The zero-order chi connectivity index (χ0) is 22.6. The standard InChI is InChI=1S/C28H36O2/c1-26(2,3)18-13-17-14-22(27(4,5)6)21(19-11-10-12-24(29)25(19)30)16-20(17)23(15-18)28(7,8)9/h10-16,29-30H,1-9H3. The Labute approximate surface area is 181 Å². The Balaban J connectivity index is 2.50. The molecule has 0 amide bonds. The minimum absolute atomic E-state index is 0.0269. The number of hydrogen-bond acceptors (Lipinski definition) is 2. The van der Waals surface area contributed by atoms with Crippen molar-refractivity contribution in [1.29, 1.82) is 0 Å². The lowest BCUT2D eigenvalue weighted by atomic mass is 9.75. The van der Waals surface area contributed by atoms with Gasteiger partial charge in [0.15, 0.2) is 11.5 Å². The molecule has 2 nitrogen and oxygen atoms in total. The first-order valence-corrected chi connectivity index (χ1v) is 10.8. The molecule has 0 aliphatic heterocycles. The van der Waals surface area contributed by atoms with E-state index in [1.54, 1.807) is 6.07 Å². The topological polar surface area (TPSA) is 40.5 Å². The summed E-state index contributed by atoms with van der Waals surface area (Å²) in [4.78, 5) is 0. The summed E-state index contributed by atoms with van der Waals surface area (Å²) < 4.78 is 0. The molecule has 0 radical (unpaired) electrons. The van der Waals surface area contributed by atoms with Crippen LogP contribution in [0.25, 0.3) is 21.9 Å². The highest BCUT2D eigenvalue weighted by atomic mass is 16.3. The van der Waals surface area contributed by atoms with Crippen LogP contribution in [0.1, 0.15) is 79.0 Å². The van der Waals surface area contributed by atoms with Crippen LogP contribution in [0.5, 0.6) is 11.5 Å². The monoisotopic (exact) mass is 404 g/mol. The molecule has 160 valence electrons. The van der Waals surface area contributed by atoms with Crippen LogP contribution in [0.3, 0.4) is 0 Å². The molecule has 0 saturated carbocycles. The second-order valence-electron chi connectivity index (χ2n) is 11.6. The van der Waals surface area contributed by atoms with E-state index in [0.717, 1.165) is 11.1 Å². The molecule has 0 fully saturated rings. The van der Waals surface area contributed by atoms with Gasteiger partial charge in [0.1, 0.15) is 0 Å². The third-order valence-electron chi connectivity index (χ3n) is 5.88.